The first-order valence-corrected chi connectivity index (χ1v) is 6.47. The smallest absolute Gasteiger partial charge is 0.272 e. The van der Waals surface area contributed by atoms with Crippen LogP contribution in [0.4, 0.5) is 5.69 Å². The highest BCUT2D eigenvalue weighted by molar-refractivity contribution is 5.39. The van der Waals surface area contributed by atoms with E-state index in [1.54, 1.807) is 12.1 Å². The van der Waals surface area contributed by atoms with Crippen molar-refractivity contribution in [2.75, 3.05) is 32.8 Å². The number of nitrogens with zero attached hydrogens (tertiary/aromatic N) is 2. The summed E-state index contributed by atoms with van der Waals surface area (Å²) in [6, 6.07) is 6.90. The van der Waals surface area contributed by atoms with E-state index in [4.69, 9.17) is 10.5 Å². The van der Waals surface area contributed by atoms with Gasteiger partial charge in [-0.15, -0.1) is 0 Å². The molecule has 2 rings (SSSR count). The molecule has 0 aliphatic carbocycles. The van der Waals surface area contributed by atoms with Gasteiger partial charge in [0.05, 0.1) is 17.6 Å². The Morgan fingerprint density at radius 3 is 3.00 bits per heavy atom. The largest absolute Gasteiger partial charge is 0.374 e. The quantitative estimate of drug-likeness (QED) is 0.629. The number of para-hydroxylation sites is 1. The second kappa shape index (κ2) is 6.60. The average Bonchev–Trinajstić information content (AvgIpc) is 2.45. The van der Waals surface area contributed by atoms with Gasteiger partial charge in [-0.25, -0.2) is 0 Å². The van der Waals surface area contributed by atoms with Crippen LogP contribution in [0.1, 0.15) is 5.56 Å². The molecule has 6 nitrogen and oxygen atoms in total. The Bertz CT molecular complexity index is 439. The summed E-state index contributed by atoms with van der Waals surface area (Å²) in [5.41, 5.74) is 6.58. The molecule has 0 aromatic heterocycles. The number of hydrogen-bond acceptors (Lipinski definition) is 5. The van der Waals surface area contributed by atoms with Crippen molar-refractivity contribution in [3.8, 4) is 0 Å². The van der Waals surface area contributed by atoms with E-state index in [0.717, 1.165) is 25.2 Å². The Hall–Kier alpha value is -1.50. The molecular weight excluding hydrogens is 246 g/mol. The molecule has 1 atom stereocenters. The summed E-state index contributed by atoms with van der Waals surface area (Å²) in [5.74, 6) is 0. The van der Waals surface area contributed by atoms with E-state index in [9.17, 15) is 10.1 Å². The average molecular weight is 265 g/mol. The number of nitro groups is 1. The lowest BCUT2D eigenvalue weighted by Crippen LogP contribution is -2.46. The van der Waals surface area contributed by atoms with Gasteiger partial charge >= 0.3 is 0 Å². The zero-order valence-corrected chi connectivity index (χ0v) is 10.8. The molecule has 0 bridgehead atoms. The summed E-state index contributed by atoms with van der Waals surface area (Å²) < 4.78 is 5.50. The molecule has 1 aliphatic heterocycles. The maximum absolute atomic E-state index is 10.9. The molecule has 2 N–H and O–H groups in total. The molecular formula is C13H19N3O3. The van der Waals surface area contributed by atoms with Gasteiger partial charge in [-0.3, -0.25) is 15.0 Å². The fourth-order valence-electron chi connectivity index (χ4n) is 2.31. The Balaban J connectivity index is 1.93. The van der Waals surface area contributed by atoms with Crippen LogP contribution in [0.5, 0.6) is 0 Å². The molecule has 1 fully saturated rings. The van der Waals surface area contributed by atoms with E-state index >= 15 is 0 Å². The molecule has 0 saturated carbocycles. The highest BCUT2D eigenvalue weighted by atomic mass is 16.6. The van der Waals surface area contributed by atoms with Crippen LogP contribution >= 0.6 is 0 Å². The van der Waals surface area contributed by atoms with Crippen molar-refractivity contribution >= 4 is 5.69 Å². The van der Waals surface area contributed by atoms with Gasteiger partial charge in [0.25, 0.3) is 5.69 Å². The third-order valence-corrected chi connectivity index (χ3v) is 3.37. The molecule has 0 amide bonds. The van der Waals surface area contributed by atoms with Crippen molar-refractivity contribution in [2.45, 2.75) is 12.5 Å². The summed E-state index contributed by atoms with van der Waals surface area (Å²) >= 11 is 0. The Morgan fingerprint density at radius 2 is 2.26 bits per heavy atom. The van der Waals surface area contributed by atoms with Crippen LogP contribution < -0.4 is 5.73 Å². The van der Waals surface area contributed by atoms with Crippen molar-refractivity contribution in [2.24, 2.45) is 5.73 Å². The van der Waals surface area contributed by atoms with Gasteiger partial charge in [-0.05, 0) is 6.42 Å². The van der Waals surface area contributed by atoms with Crippen molar-refractivity contribution in [3.05, 3.63) is 39.9 Å². The van der Waals surface area contributed by atoms with Crippen LogP contribution in [0.3, 0.4) is 0 Å². The minimum Gasteiger partial charge on any atom is -0.374 e. The van der Waals surface area contributed by atoms with E-state index in [1.807, 2.05) is 12.1 Å². The predicted molar refractivity (Wildman–Crippen MR) is 72.0 cm³/mol. The van der Waals surface area contributed by atoms with Gasteiger partial charge in [0, 0.05) is 37.8 Å². The van der Waals surface area contributed by atoms with E-state index in [1.165, 1.54) is 0 Å². The first-order chi connectivity index (χ1) is 9.20. The zero-order chi connectivity index (χ0) is 13.7. The summed E-state index contributed by atoms with van der Waals surface area (Å²) in [6.07, 6.45) is 0.758. The Labute approximate surface area is 112 Å². The van der Waals surface area contributed by atoms with E-state index in [0.29, 0.717) is 19.6 Å². The normalized spacial score (nSPS) is 20.4. The SMILES string of the molecule is NCC1CN(CCc2ccccc2[N+](=O)[O-])CCO1. The van der Waals surface area contributed by atoms with Gasteiger partial charge in [-0.1, -0.05) is 18.2 Å². The van der Waals surface area contributed by atoms with Crippen molar-refractivity contribution in [1.29, 1.82) is 0 Å². The van der Waals surface area contributed by atoms with Gasteiger partial charge in [0.2, 0.25) is 0 Å². The van der Waals surface area contributed by atoms with Gasteiger partial charge < -0.3 is 10.5 Å². The predicted octanol–water partition coefficient (Wildman–Crippen LogP) is 0.797. The fraction of sp³-hybridized carbons (Fsp3) is 0.538. The molecule has 104 valence electrons. The molecule has 1 saturated heterocycles. The number of nitrogens with two attached hydrogens (primary N) is 1. The van der Waals surface area contributed by atoms with Crippen molar-refractivity contribution in [3.63, 3.8) is 0 Å². The standard InChI is InChI=1S/C13H19N3O3/c14-9-12-10-15(7-8-19-12)6-5-11-3-1-2-4-13(11)16(17)18/h1-4,12H,5-10,14H2. The topological polar surface area (TPSA) is 81.6 Å². The van der Waals surface area contributed by atoms with Crippen LogP contribution in [0, 0.1) is 10.1 Å². The first-order valence-electron chi connectivity index (χ1n) is 6.47. The molecule has 1 aliphatic rings. The van der Waals surface area contributed by atoms with Crippen LogP contribution in [-0.4, -0.2) is 48.7 Å². The van der Waals surface area contributed by atoms with Crippen LogP contribution in [-0.2, 0) is 11.2 Å². The van der Waals surface area contributed by atoms with Crippen LogP contribution in [0.25, 0.3) is 0 Å². The van der Waals surface area contributed by atoms with Crippen LogP contribution in [0.15, 0.2) is 24.3 Å². The first kappa shape index (κ1) is 13.9. The lowest BCUT2D eigenvalue weighted by atomic mass is 10.1. The second-order valence-corrected chi connectivity index (χ2v) is 4.66. The lowest BCUT2D eigenvalue weighted by molar-refractivity contribution is -0.385. The number of rotatable bonds is 5. The monoisotopic (exact) mass is 265 g/mol. The third kappa shape index (κ3) is 3.73. The number of hydrogen-bond donors (Lipinski definition) is 1. The minimum atomic E-state index is -0.322. The molecule has 1 aromatic rings. The lowest BCUT2D eigenvalue weighted by Gasteiger charge is -2.32. The molecule has 1 aromatic carbocycles. The number of nitro benzene ring substituents is 1. The number of morpholine rings is 1. The van der Waals surface area contributed by atoms with Crippen molar-refractivity contribution in [1.82, 2.24) is 4.90 Å². The molecule has 0 spiro atoms. The molecule has 0 radical (unpaired) electrons. The minimum absolute atomic E-state index is 0.0829. The zero-order valence-electron chi connectivity index (χ0n) is 10.8. The summed E-state index contributed by atoms with van der Waals surface area (Å²) in [7, 11) is 0. The molecule has 1 heterocycles. The maximum atomic E-state index is 10.9. The third-order valence-electron chi connectivity index (χ3n) is 3.37. The number of ether oxygens (including phenoxy) is 1. The second-order valence-electron chi connectivity index (χ2n) is 4.66. The highest BCUT2D eigenvalue weighted by Crippen LogP contribution is 2.18. The Morgan fingerprint density at radius 1 is 1.47 bits per heavy atom. The summed E-state index contributed by atoms with van der Waals surface area (Å²) in [5, 5.41) is 10.9. The van der Waals surface area contributed by atoms with Crippen molar-refractivity contribution < 1.29 is 9.66 Å². The molecule has 6 heteroatoms. The Kier molecular flexibility index (Phi) is 4.84. The van der Waals surface area contributed by atoms with Gasteiger partial charge in [0.15, 0.2) is 0 Å². The highest BCUT2D eigenvalue weighted by Gasteiger charge is 2.20. The van der Waals surface area contributed by atoms with E-state index < -0.39 is 0 Å². The fourth-order valence-corrected chi connectivity index (χ4v) is 2.31. The van der Waals surface area contributed by atoms with Gasteiger partial charge in [0.1, 0.15) is 0 Å². The maximum Gasteiger partial charge on any atom is 0.272 e. The van der Waals surface area contributed by atoms with E-state index in [2.05, 4.69) is 4.90 Å². The van der Waals surface area contributed by atoms with Gasteiger partial charge in [-0.2, -0.15) is 0 Å². The summed E-state index contributed by atoms with van der Waals surface area (Å²) in [6.45, 7) is 3.65. The molecule has 19 heavy (non-hydrogen) atoms. The molecule has 1 unspecified atom stereocenters. The number of benzene rings is 1. The summed E-state index contributed by atoms with van der Waals surface area (Å²) in [4.78, 5) is 12.9. The van der Waals surface area contributed by atoms with Crippen LogP contribution in [0.2, 0.25) is 0 Å². The van der Waals surface area contributed by atoms with E-state index in [-0.39, 0.29) is 16.7 Å².